The number of sulfonamides is 1. The first kappa shape index (κ1) is 21.7. The first-order valence-corrected chi connectivity index (χ1v) is 9.36. The van der Waals surface area contributed by atoms with E-state index < -0.39 is 10.0 Å². The largest absolute Gasteiger partial charge is 0.495 e. The third-order valence-corrected chi connectivity index (χ3v) is 6.13. The van der Waals surface area contributed by atoms with E-state index in [-0.39, 0.29) is 41.0 Å². The summed E-state index contributed by atoms with van der Waals surface area (Å²) in [7, 11) is 0.568. The Morgan fingerprint density at radius 2 is 1.84 bits per heavy atom. The van der Waals surface area contributed by atoms with E-state index in [1.54, 1.807) is 6.07 Å². The summed E-state index contributed by atoms with van der Waals surface area (Å²) in [5.41, 5.74) is 6.17. The number of nitrogens with two attached hydrogens (primary N) is 1. The molecule has 1 fully saturated rings. The van der Waals surface area contributed by atoms with E-state index in [0.717, 1.165) is 30.0 Å². The van der Waals surface area contributed by atoms with Gasteiger partial charge in [0.1, 0.15) is 10.6 Å². The Balaban J connectivity index is 0.00000312. The van der Waals surface area contributed by atoms with Crippen molar-refractivity contribution in [3.63, 3.8) is 0 Å². The first-order valence-electron chi connectivity index (χ1n) is 7.92. The SMILES string of the molecule is COc1ccc(C(=O)NC2CCC(N)CC2)cc1S(=O)(=O)N(C)C.Cl. The van der Waals surface area contributed by atoms with Crippen molar-refractivity contribution >= 4 is 28.3 Å². The van der Waals surface area contributed by atoms with Crippen LogP contribution in [-0.2, 0) is 10.0 Å². The number of nitrogens with zero attached hydrogens (tertiary/aromatic N) is 1. The molecule has 0 radical (unpaired) electrons. The lowest BCUT2D eigenvalue weighted by molar-refractivity contribution is 0.0925. The number of benzene rings is 1. The Kier molecular flexibility index (Phi) is 7.67. The minimum atomic E-state index is -3.70. The summed E-state index contributed by atoms with van der Waals surface area (Å²) >= 11 is 0. The molecule has 1 aromatic rings. The van der Waals surface area contributed by atoms with Crippen LogP contribution < -0.4 is 15.8 Å². The molecular formula is C16H26ClN3O4S. The number of hydrogen-bond donors (Lipinski definition) is 2. The average Bonchev–Trinajstić information content (AvgIpc) is 2.56. The van der Waals surface area contributed by atoms with Gasteiger partial charge in [-0.1, -0.05) is 0 Å². The van der Waals surface area contributed by atoms with Crippen molar-refractivity contribution in [1.29, 1.82) is 0 Å². The van der Waals surface area contributed by atoms with Crippen molar-refractivity contribution in [2.45, 2.75) is 42.7 Å². The van der Waals surface area contributed by atoms with Crippen LogP contribution in [0.3, 0.4) is 0 Å². The quantitative estimate of drug-likeness (QED) is 0.789. The molecule has 25 heavy (non-hydrogen) atoms. The number of methoxy groups -OCH3 is 1. The highest BCUT2D eigenvalue weighted by Crippen LogP contribution is 2.27. The van der Waals surface area contributed by atoms with Crippen LogP contribution >= 0.6 is 12.4 Å². The lowest BCUT2D eigenvalue weighted by Crippen LogP contribution is -2.40. The van der Waals surface area contributed by atoms with E-state index in [0.29, 0.717) is 5.56 Å². The number of amides is 1. The van der Waals surface area contributed by atoms with E-state index in [2.05, 4.69) is 5.32 Å². The van der Waals surface area contributed by atoms with Crippen LogP contribution in [0.25, 0.3) is 0 Å². The fourth-order valence-corrected chi connectivity index (χ4v) is 3.82. The molecule has 0 bridgehead atoms. The van der Waals surface area contributed by atoms with Crippen LogP contribution in [0.15, 0.2) is 23.1 Å². The summed E-state index contributed by atoms with van der Waals surface area (Å²) in [5.74, 6) is -0.0720. The molecule has 0 atom stereocenters. The molecule has 1 aromatic carbocycles. The molecule has 0 unspecified atom stereocenters. The molecule has 9 heteroatoms. The zero-order chi connectivity index (χ0) is 17.9. The second-order valence-electron chi connectivity index (χ2n) is 6.24. The maximum Gasteiger partial charge on any atom is 0.251 e. The molecular weight excluding hydrogens is 366 g/mol. The van der Waals surface area contributed by atoms with Crippen molar-refractivity contribution in [3.8, 4) is 5.75 Å². The van der Waals surface area contributed by atoms with Crippen LogP contribution in [0.5, 0.6) is 5.75 Å². The Morgan fingerprint density at radius 3 is 2.36 bits per heavy atom. The van der Waals surface area contributed by atoms with Gasteiger partial charge in [0, 0.05) is 31.7 Å². The van der Waals surface area contributed by atoms with Gasteiger partial charge in [-0.25, -0.2) is 12.7 Å². The van der Waals surface area contributed by atoms with E-state index >= 15 is 0 Å². The average molecular weight is 392 g/mol. The lowest BCUT2D eigenvalue weighted by atomic mass is 9.91. The van der Waals surface area contributed by atoms with Crippen LogP contribution in [-0.4, -0.2) is 51.9 Å². The highest BCUT2D eigenvalue weighted by molar-refractivity contribution is 7.89. The standard InChI is InChI=1S/C16H25N3O4S.ClH/c1-19(2)24(21,22)15-10-11(4-9-14(15)23-3)16(20)18-13-7-5-12(17)6-8-13;/h4,9-10,12-13H,5-8,17H2,1-3H3,(H,18,20);1H. The van der Waals surface area contributed by atoms with Gasteiger partial charge in [0.25, 0.3) is 5.91 Å². The van der Waals surface area contributed by atoms with Gasteiger partial charge in [-0.3, -0.25) is 4.79 Å². The molecule has 0 saturated heterocycles. The number of ether oxygens (including phenoxy) is 1. The van der Waals surface area contributed by atoms with Gasteiger partial charge < -0.3 is 15.8 Å². The summed E-state index contributed by atoms with van der Waals surface area (Å²) in [5, 5.41) is 2.96. The Labute approximate surface area is 155 Å². The zero-order valence-electron chi connectivity index (χ0n) is 14.7. The van der Waals surface area contributed by atoms with Gasteiger partial charge in [0.2, 0.25) is 10.0 Å². The van der Waals surface area contributed by atoms with Gasteiger partial charge in [-0.15, -0.1) is 12.4 Å². The van der Waals surface area contributed by atoms with Crippen molar-refractivity contribution in [1.82, 2.24) is 9.62 Å². The number of halogens is 1. The summed E-state index contributed by atoms with van der Waals surface area (Å²) < 4.78 is 31.0. The van der Waals surface area contributed by atoms with Gasteiger partial charge in [0.05, 0.1) is 7.11 Å². The molecule has 1 aliphatic carbocycles. The van der Waals surface area contributed by atoms with Crippen molar-refractivity contribution in [2.24, 2.45) is 5.73 Å². The minimum absolute atomic E-state index is 0. The number of hydrogen-bond acceptors (Lipinski definition) is 5. The van der Waals surface area contributed by atoms with Gasteiger partial charge >= 0.3 is 0 Å². The molecule has 1 amide bonds. The van der Waals surface area contributed by atoms with E-state index in [9.17, 15) is 13.2 Å². The zero-order valence-corrected chi connectivity index (χ0v) is 16.3. The predicted molar refractivity (Wildman–Crippen MR) is 98.8 cm³/mol. The minimum Gasteiger partial charge on any atom is -0.495 e. The molecule has 0 heterocycles. The summed E-state index contributed by atoms with van der Waals surface area (Å²) in [4.78, 5) is 12.4. The number of carbonyl (C=O) groups is 1. The molecule has 0 aliphatic heterocycles. The fraction of sp³-hybridized carbons (Fsp3) is 0.562. The highest BCUT2D eigenvalue weighted by atomic mass is 35.5. The Bertz CT molecular complexity index is 701. The van der Waals surface area contributed by atoms with Gasteiger partial charge in [0.15, 0.2) is 0 Å². The molecule has 142 valence electrons. The fourth-order valence-electron chi connectivity index (χ4n) is 2.75. The summed E-state index contributed by atoms with van der Waals surface area (Å²) in [6.07, 6.45) is 3.44. The molecule has 1 aliphatic rings. The van der Waals surface area contributed by atoms with Gasteiger partial charge in [-0.2, -0.15) is 0 Å². The number of carbonyl (C=O) groups excluding carboxylic acids is 1. The third kappa shape index (κ3) is 5.07. The summed E-state index contributed by atoms with van der Waals surface area (Å²) in [6, 6.07) is 4.71. The topological polar surface area (TPSA) is 102 Å². The summed E-state index contributed by atoms with van der Waals surface area (Å²) in [6.45, 7) is 0. The normalized spacial score (nSPS) is 20.7. The van der Waals surface area contributed by atoms with E-state index in [1.165, 1.54) is 33.3 Å². The molecule has 0 aromatic heterocycles. The maximum absolute atomic E-state index is 12.5. The highest BCUT2D eigenvalue weighted by Gasteiger charge is 2.25. The van der Waals surface area contributed by atoms with Crippen LogP contribution in [0.1, 0.15) is 36.0 Å². The Hall–Kier alpha value is -1.35. The molecule has 1 saturated carbocycles. The maximum atomic E-state index is 12.5. The molecule has 2 rings (SSSR count). The molecule has 7 nitrogen and oxygen atoms in total. The number of nitrogens with one attached hydrogen (secondary N) is 1. The molecule has 3 N–H and O–H groups in total. The van der Waals surface area contributed by atoms with E-state index in [4.69, 9.17) is 10.5 Å². The third-order valence-electron chi connectivity index (χ3n) is 4.29. The van der Waals surface area contributed by atoms with Crippen LogP contribution in [0, 0.1) is 0 Å². The second-order valence-corrected chi connectivity index (χ2v) is 8.36. The van der Waals surface area contributed by atoms with Crippen molar-refractivity contribution < 1.29 is 17.9 Å². The van der Waals surface area contributed by atoms with Crippen LogP contribution in [0.4, 0.5) is 0 Å². The van der Waals surface area contributed by atoms with Crippen molar-refractivity contribution in [2.75, 3.05) is 21.2 Å². The lowest BCUT2D eigenvalue weighted by Gasteiger charge is -2.27. The Morgan fingerprint density at radius 1 is 1.24 bits per heavy atom. The second kappa shape index (κ2) is 8.84. The van der Waals surface area contributed by atoms with Crippen molar-refractivity contribution in [3.05, 3.63) is 23.8 Å². The predicted octanol–water partition coefficient (Wildman–Crippen LogP) is 1.37. The first-order chi connectivity index (χ1) is 11.3. The van der Waals surface area contributed by atoms with E-state index in [1.807, 2.05) is 0 Å². The van der Waals surface area contributed by atoms with Gasteiger partial charge in [-0.05, 0) is 43.9 Å². The smallest absolute Gasteiger partial charge is 0.251 e. The monoisotopic (exact) mass is 391 g/mol. The molecule has 0 spiro atoms. The van der Waals surface area contributed by atoms with Crippen LogP contribution in [0.2, 0.25) is 0 Å². The number of rotatable bonds is 5.